The van der Waals surface area contributed by atoms with Gasteiger partial charge in [0, 0.05) is 25.6 Å². The quantitative estimate of drug-likeness (QED) is 0.733. The molecule has 0 amide bonds. The Morgan fingerprint density at radius 2 is 2.12 bits per heavy atom. The van der Waals surface area contributed by atoms with Gasteiger partial charge in [0.15, 0.2) is 0 Å². The van der Waals surface area contributed by atoms with Gasteiger partial charge in [-0.25, -0.2) is 18.4 Å². The molecule has 0 saturated heterocycles. The molecule has 2 aromatic heterocycles. The average molecular weight is 254 g/mol. The van der Waals surface area contributed by atoms with E-state index < -0.39 is 9.84 Å². The maximum absolute atomic E-state index is 11.3. The van der Waals surface area contributed by atoms with Crippen LogP contribution in [0.2, 0.25) is 0 Å². The van der Waals surface area contributed by atoms with Gasteiger partial charge in [-0.3, -0.25) is 14.6 Å². The lowest BCUT2D eigenvalue weighted by Gasteiger charge is -2.02. The van der Waals surface area contributed by atoms with Crippen LogP contribution in [0.15, 0.2) is 28.3 Å². The van der Waals surface area contributed by atoms with E-state index >= 15 is 0 Å². The molecular weight excluding hydrogens is 244 g/mol. The minimum Gasteiger partial charge on any atom is -0.286 e. The van der Waals surface area contributed by atoms with E-state index in [1.807, 2.05) is 0 Å². The standard InChI is InChI=1S/C9H10N4O3S/c1-13-7(5-8(14)12-13)6-3-4-10-9(11-6)17(2,15)16/h3-5H,1-2H3,(H,12,14). The third-order valence-corrected chi connectivity index (χ3v) is 2.99. The van der Waals surface area contributed by atoms with Crippen molar-refractivity contribution in [2.75, 3.05) is 6.26 Å². The number of hydrogen-bond donors (Lipinski definition) is 1. The molecule has 0 spiro atoms. The molecule has 90 valence electrons. The number of aromatic amines is 1. The average Bonchev–Trinajstić information content (AvgIpc) is 2.57. The second-order valence-corrected chi connectivity index (χ2v) is 5.47. The first-order valence-electron chi connectivity index (χ1n) is 4.67. The lowest BCUT2D eigenvalue weighted by molar-refractivity contribution is 0.593. The largest absolute Gasteiger partial charge is 0.286 e. The lowest BCUT2D eigenvalue weighted by Crippen LogP contribution is -2.05. The van der Waals surface area contributed by atoms with E-state index in [4.69, 9.17) is 0 Å². The minimum absolute atomic E-state index is 0.261. The van der Waals surface area contributed by atoms with E-state index in [1.54, 1.807) is 7.05 Å². The normalized spacial score (nSPS) is 11.6. The monoisotopic (exact) mass is 254 g/mol. The number of H-pyrrole nitrogens is 1. The van der Waals surface area contributed by atoms with Gasteiger partial charge in [0.25, 0.3) is 5.56 Å². The van der Waals surface area contributed by atoms with Crippen molar-refractivity contribution in [3.05, 3.63) is 28.7 Å². The van der Waals surface area contributed by atoms with Crippen molar-refractivity contribution >= 4 is 9.84 Å². The molecule has 0 radical (unpaired) electrons. The topological polar surface area (TPSA) is 97.7 Å². The molecular formula is C9H10N4O3S. The number of rotatable bonds is 2. The number of sulfone groups is 1. The van der Waals surface area contributed by atoms with Gasteiger partial charge in [0.1, 0.15) is 0 Å². The summed E-state index contributed by atoms with van der Waals surface area (Å²) in [6.07, 6.45) is 2.37. The number of nitrogens with one attached hydrogen (secondary N) is 1. The third-order valence-electron chi connectivity index (χ3n) is 2.13. The highest BCUT2D eigenvalue weighted by molar-refractivity contribution is 7.90. The zero-order chi connectivity index (χ0) is 12.6. The predicted octanol–water partition coefficient (Wildman–Crippen LogP) is -0.426. The maximum atomic E-state index is 11.3. The Balaban J connectivity index is 2.62. The number of nitrogens with zero attached hydrogens (tertiary/aromatic N) is 3. The second kappa shape index (κ2) is 3.81. The molecule has 0 aliphatic carbocycles. The van der Waals surface area contributed by atoms with E-state index in [0.717, 1.165) is 6.26 Å². The van der Waals surface area contributed by atoms with Crippen LogP contribution < -0.4 is 5.56 Å². The molecule has 2 rings (SSSR count). The van der Waals surface area contributed by atoms with Gasteiger partial charge < -0.3 is 0 Å². The Bertz CT molecular complexity index is 714. The van der Waals surface area contributed by atoms with E-state index in [0.29, 0.717) is 11.4 Å². The fraction of sp³-hybridized carbons (Fsp3) is 0.222. The van der Waals surface area contributed by atoms with Crippen molar-refractivity contribution in [3.63, 3.8) is 0 Å². The van der Waals surface area contributed by atoms with Gasteiger partial charge in [-0.15, -0.1) is 0 Å². The molecule has 0 bridgehead atoms. The first kappa shape index (κ1) is 11.5. The molecule has 0 fully saturated rings. The molecule has 0 aliphatic heterocycles. The highest BCUT2D eigenvalue weighted by atomic mass is 32.2. The highest BCUT2D eigenvalue weighted by Gasteiger charge is 2.13. The van der Waals surface area contributed by atoms with Crippen LogP contribution in [0, 0.1) is 0 Å². The Hall–Kier alpha value is -1.96. The lowest BCUT2D eigenvalue weighted by atomic mass is 10.3. The first-order valence-corrected chi connectivity index (χ1v) is 6.56. The van der Waals surface area contributed by atoms with Crippen LogP contribution in [0.25, 0.3) is 11.4 Å². The summed E-state index contributed by atoms with van der Waals surface area (Å²) < 4.78 is 24.1. The van der Waals surface area contributed by atoms with Crippen molar-refractivity contribution < 1.29 is 8.42 Å². The molecule has 0 atom stereocenters. The van der Waals surface area contributed by atoms with Crippen LogP contribution in [0.5, 0.6) is 0 Å². The smallest absolute Gasteiger partial charge is 0.264 e. The number of aryl methyl sites for hydroxylation is 1. The van der Waals surface area contributed by atoms with E-state index in [1.165, 1.54) is 23.0 Å². The number of aromatic nitrogens is 4. The van der Waals surface area contributed by atoms with Gasteiger partial charge in [0.2, 0.25) is 15.0 Å². The van der Waals surface area contributed by atoms with E-state index in [9.17, 15) is 13.2 Å². The Morgan fingerprint density at radius 1 is 1.41 bits per heavy atom. The molecule has 8 heteroatoms. The maximum Gasteiger partial charge on any atom is 0.264 e. The van der Waals surface area contributed by atoms with Crippen LogP contribution >= 0.6 is 0 Å². The van der Waals surface area contributed by atoms with E-state index in [-0.39, 0.29) is 10.7 Å². The van der Waals surface area contributed by atoms with Crippen LogP contribution in [0.4, 0.5) is 0 Å². The molecule has 0 aliphatic rings. The molecule has 17 heavy (non-hydrogen) atoms. The summed E-state index contributed by atoms with van der Waals surface area (Å²) in [6, 6.07) is 2.88. The van der Waals surface area contributed by atoms with Crippen LogP contribution in [0.3, 0.4) is 0 Å². The predicted molar refractivity (Wildman–Crippen MR) is 60.2 cm³/mol. The molecule has 1 N–H and O–H groups in total. The van der Waals surface area contributed by atoms with Gasteiger partial charge in [-0.2, -0.15) is 0 Å². The zero-order valence-corrected chi connectivity index (χ0v) is 10.0. The summed E-state index contributed by atoms with van der Waals surface area (Å²) >= 11 is 0. The minimum atomic E-state index is -3.46. The van der Waals surface area contributed by atoms with Crippen LogP contribution in [-0.4, -0.2) is 34.4 Å². The summed E-state index contributed by atoms with van der Waals surface area (Å²) in [7, 11) is -1.82. The second-order valence-electron chi connectivity index (χ2n) is 3.56. The summed E-state index contributed by atoms with van der Waals surface area (Å²) in [4.78, 5) is 18.7. The van der Waals surface area contributed by atoms with Crippen molar-refractivity contribution in [3.8, 4) is 11.4 Å². The molecule has 7 nitrogen and oxygen atoms in total. The highest BCUT2D eigenvalue weighted by Crippen LogP contribution is 2.14. The van der Waals surface area contributed by atoms with Gasteiger partial charge in [-0.05, 0) is 6.07 Å². The molecule has 2 heterocycles. The van der Waals surface area contributed by atoms with E-state index in [2.05, 4.69) is 15.1 Å². The zero-order valence-electron chi connectivity index (χ0n) is 9.21. The summed E-state index contributed by atoms with van der Waals surface area (Å²) in [5, 5.41) is 2.25. The van der Waals surface area contributed by atoms with Gasteiger partial charge >= 0.3 is 0 Å². The fourth-order valence-electron chi connectivity index (χ4n) is 1.39. The Morgan fingerprint density at radius 3 is 2.65 bits per heavy atom. The van der Waals surface area contributed by atoms with Crippen LogP contribution in [-0.2, 0) is 16.9 Å². The van der Waals surface area contributed by atoms with Crippen LogP contribution in [0.1, 0.15) is 0 Å². The van der Waals surface area contributed by atoms with Gasteiger partial charge in [-0.1, -0.05) is 0 Å². The van der Waals surface area contributed by atoms with Crippen molar-refractivity contribution in [1.82, 2.24) is 19.7 Å². The summed E-state index contributed by atoms with van der Waals surface area (Å²) in [5.74, 6) is 0. The fourth-order valence-corrected chi connectivity index (χ4v) is 1.90. The van der Waals surface area contributed by atoms with Crippen molar-refractivity contribution in [1.29, 1.82) is 0 Å². The summed E-state index contributed by atoms with van der Waals surface area (Å²) in [5.41, 5.74) is 0.602. The summed E-state index contributed by atoms with van der Waals surface area (Å²) in [6.45, 7) is 0. The van der Waals surface area contributed by atoms with Gasteiger partial charge in [0.05, 0.1) is 11.4 Å². The SMILES string of the molecule is Cn1[nH]c(=O)cc1-c1ccnc(S(C)(=O)=O)n1. The first-order chi connectivity index (χ1) is 7.88. The molecule has 0 aromatic carbocycles. The number of hydrogen-bond acceptors (Lipinski definition) is 5. The Labute approximate surface area is 97.1 Å². The molecule has 0 unspecified atom stereocenters. The third kappa shape index (κ3) is 2.26. The molecule has 2 aromatic rings. The Kier molecular flexibility index (Phi) is 2.58. The van der Waals surface area contributed by atoms with Crippen molar-refractivity contribution in [2.24, 2.45) is 7.05 Å². The molecule has 0 saturated carbocycles. The van der Waals surface area contributed by atoms with Crippen molar-refractivity contribution in [2.45, 2.75) is 5.16 Å².